The number of nitrogens with zero attached hydrogens (tertiary/aromatic N) is 5. The summed E-state index contributed by atoms with van der Waals surface area (Å²) in [5.74, 6) is -2.15. The second-order valence-electron chi connectivity index (χ2n) is 12.2. The number of piperazine rings is 1. The lowest BCUT2D eigenvalue weighted by molar-refractivity contribution is -0.120. The van der Waals surface area contributed by atoms with Gasteiger partial charge in [0.25, 0.3) is 10.0 Å². The maximum absolute atomic E-state index is 15.4. The van der Waals surface area contributed by atoms with Crippen LogP contribution in [0.3, 0.4) is 0 Å². The van der Waals surface area contributed by atoms with Crippen LogP contribution in [0.4, 0.5) is 21.6 Å². The molecule has 1 saturated carbocycles. The summed E-state index contributed by atoms with van der Waals surface area (Å²) in [7, 11) is -3.96. The van der Waals surface area contributed by atoms with Gasteiger partial charge in [-0.1, -0.05) is 12.1 Å². The Bertz CT molecular complexity index is 2290. The number of fused-ring (bicyclic) bond motifs is 2. The van der Waals surface area contributed by atoms with Gasteiger partial charge in [0.15, 0.2) is 5.82 Å². The van der Waals surface area contributed by atoms with Gasteiger partial charge in [-0.3, -0.25) is 24.2 Å². The predicted molar refractivity (Wildman–Crippen MR) is 182 cm³/mol. The first-order valence-electron chi connectivity index (χ1n) is 15.7. The maximum Gasteiger partial charge on any atom is 0.341 e. The fourth-order valence-electron chi connectivity index (χ4n) is 6.09. The molecule has 1 aliphatic heterocycles. The smallest absolute Gasteiger partial charge is 0.341 e. The second kappa shape index (κ2) is 12.6. The number of sulfonamides is 1. The Kier molecular flexibility index (Phi) is 8.24. The van der Waals surface area contributed by atoms with Crippen molar-refractivity contribution in [2.24, 2.45) is 0 Å². The Labute approximate surface area is 280 Å². The predicted octanol–water partition coefficient (Wildman–Crippen LogP) is 4.07. The van der Waals surface area contributed by atoms with E-state index in [4.69, 9.17) is 0 Å². The molecule has 15 heteroatoms. The summed E-state index contributed by atoms with van der Waals surface area (Å²) < 4.78 is 45.5. The SMILES string of the molecule is CC(C(=O)Nc1ccc(S(=O)(=O)Nc2cnc3ccccc3n2)cc1)N1CCN(c2cc3c(cc2F)c(=O)c(C(=O)O)cn3C2CC2)CC1. The van der Waals surface area contributed by atoms with Crippen LogP contribution in [0.15, 0.2) is 82.7 Å². The van der Waals surface area contributed by atoms with Gasteiger partial charge in [0.1, 0.15) is 11.4 Å². The number of rotatable bonds is 9. The van der Waals surface area contributed by atoms with E-state index in [0.717, 1.165) is 18.9 Å². The molecule has 3 N–H and O–H groups in total. The van der Waals surface area contributed by atoms with Crippen molar-refractivity contribution in [1.29, 1.82) is 0 Å². The summed E-state index contributed by atoms with van der Waals surface area (Å²) in [5, 5.41) is 12.4. The van der Waals surface area contributed by atoms with Crippen LogP contribution in [0.1, 0.15) is 36.2 Å². The van der Waals surface area contributed by atoms with Crippen LogP contribution in [-0.2, 0) is 14.8 Å². The number of nitrogens with one attached hydrogen (secondary N) is 2. The van der Waals surface area contributed by atoms with Gasteiger partial charge < -0.3 is 19.9 Å². The number of carboxylic acid groups (broad SMARTS) is 1. The number of carboxylic acids is 1. The van der Waals surface area contributed by atoms with E-state index < -0.39 is 33.3 Å². The number of hydrogen-bond acceptors (Lipinski definition) is 9. The summed E-state index contributed by atoms with van der Waals surface area (Å²) in [6.07, 6.45) is 4.41. The zero-order valence-electron chi connectivity index (χ0n) is 26.3. The number of carbonyl (C=O) groups is 2. The van der Waals surface area contributed by atoms with Crippen LogP contribution in [0.2, 0.25) is 0 Å². The van der Waals surface area contributed by atoms with E-state index >= 15 is 4.39 Å². The molecular weight excluding hydrogens is 653 g/mol. The first kappa shape index (κ1) is 32.2. The number of pyridine rings is 1. The monoisotopic (exact) mass is 685 g/mol. The summed E-state index contributed by atoms with van der Waals surface area (Å²) in [6, 6.07) is 15.2. The number of aromatic nitrogens is 3. The average Bonchev–Trinajstić information content (AvgIpc) is 3.94. The van der Waals surface area contributed by atoms with E-state index in [2.05, 4.69) is 20.0 Å². The Morgan fingerprint density at radius 1 is 1.00 bits per heavy atom. The van der Waals surface area contributed by atoms with Crippen molar-refractivity contribution in [2.45, 2.75) is 36.7 Å². The second-order valence-corrected chi connectivity index (χ2v) is 13.9. The van der Waals surface area contributed by atoms with Crippen LogP contribution in [0.25, 0.3) is 21.9 Å². The highest BCUT2D eigenvalue weighted by molar-refractivity contribution is 7.92. The maximum atomic E-state index is 15.4. The highest BCUT2D eigenvalue weighted by Crippen LogP contribution is 2.38. The molecule has 0 radical (unpaired) electrons. The van der Waals surface area contributed by atoms with E-state index in [1.54, 1.807) is 35.8 Å². The molecule has 13 nitrogen and oxygen atoms in total. The number of hydrogen-bond donors (Lipinski definition) is 3. The number of aromatic carboxylic acids is 1. The summed E-state index contributed by atoms with van der Waals surface area (Å²) in [5.41, 5.74) is 1.34. The first-order chi connectivity index (χ1) is 23.5. The van der Waals surface area contributed by atoms with Gasteiger partial charge in [-0.05, 0) is 68.3 Å². The van der Waals surface area contributed by atoms with Gasteiger partial charge >= 0.3 is 5.97 Å². The third-order valence-electron chi connectivity index (χ3n) is 8.97. The average molecular weight is 686 g/mol. The quantitative estimate of drug-likeness (QED) is 0.206. The van der Waals surface area contributed by atoms with Crippen molar-refractivity contribution in [3.63, 3.8) is 0 Å². The van der Waals surface area contributed by atoms with Crippen molar-refractivity contribution >= 4 is 61.0 Å². The number of carbonyl (C=O) groups excluding carboxylic acids is 1. The van der Waals surface area contributed by atoms with E-state index in [1.807, 2.05) is 15.9 Å². The Morgan fingerprint density at radius 2 is 1.69 bits per heavy atom. The molecule has 2 aromatic heterocycles. The highest BCUT2D eigenvalue weighted by atomic mass is 32.2. The molecule has 5 aromatic rings. The third-order valence-corrected chi connectivity index (χ3v) is 10.3. The van der Waals surface area contributed by atoms with Crippen molar-refractivity contribution in [3.8, 4) is 0 Å². The highest BCUT2D eigenvalue weighted by Gasteiger charge is 2.30. The molecule has 1 unspecified atom stereocenters. The van der Waals surface area contributed by atoms with Crippen LogP contribution in [0, 0.1) is 5.82 Å². The zero-order valence-corrected chi connectivity index (χ0v) is 27.2. The van der Waals surface area contributed by atoms with Gasteiger partial charge in [0.2, 0.25) is 11.3 Å². The zero-order chi connectivity index (χ0) is 34.4. The molecular formula is C34H32FN7O6S. The van der Waals surface area contributed by atoms with Gasteiger partial charge in [-0.25, -0.2) is 22.6 Å². The molecule has 1 saturated heterocycles. The minimum atomic E-state index is -3.96. The molecule has 252 valence electrons. The summed E-state index contributed by atoms with van der Waals surface area (Å²) >= 11 is 0. The minimum Gasteiger partial charge on any atom is -0.477 e. The van der Waals surface area contributed by atoms with Crippen LogP contribution in [-0.4, -0.2) is 77.1 Å². The molecule has 49 heavy (non-hydrogen) atoms. The largest absolute Gasteiger partial charge is 0.477 e. The Hall–Kier alpha value is -5.41. The van der Waals surface area contributed by atoms with E-state index in [9.17, 15) is 27.9 Å². The third kappa shape index (κ3) is 6.41. The molecule has 0 bridgehead atoms. The normalized spacial score (nSPS) is 16.1. The van der Waals surface area contributed by atoms with Crippen molar-refractivity contribution in [1.82, 2.24) is 19.4 Å². The Morgan fingerprint density at radius 3 is 2.37 bits per heavy atom. The molecule has 1 aliphatic carbocycles. The molecule has 2 aliphatic rings. The lowest BCUT2D eigenvalue weighted by atomic mass is 10.1. The van der Waals surface area contributed by atoms with Crippen molar-refractivity contribution in [3.05, 3.63) is 94.7 Å². The molecule has 1 amide bonds. The lowest BCUT2D eigenvalue weighted by Gasteiger charge is -2.38. The van der Waals surface area contributed by atoms with E-state index in [0.29, 0.717) is 54.1 Å². The number of amides is 1. The van der Waals surface area contributed by atoms with Gasteiger partial charge in [-0.15, -0.1) is 0 Å². The van der Waals surface area contributed by atoms with Gasteiger partial charge in [0.05, 0.1) is 39.4 Å². The van der Waals surface area contributed by atoms with Crippen molar-refractivity contribution < 1.29 is 27.5 Å². The number of halogens is 1. The molecule has 2 fully saturated rings. The number of anilines is 3. The fraction of sp³-hybridized carbons (Fsp3) is 0.265. The van der Waals surface area contributed by atoms with E-state index in [-0.39, 0.29) is 33.6 Å². The lowest BCUT2D eigenvalue weighted by Crippen LogP contribution is -2.53. The molecule has 3 heterocycles. The number of para-hydroxylation sites is 2. The van der Waals surface area contributed by atoms with Gasteiger partial charge in [0, 0.05) is 49.5 Å². The van der Waals surface area contributed by atoms with Crippen molar-refractivity contribution in [2.75, 3.05) is 41.1 Å². The minimum absolute atomic E-state index is 0.0120. The summed E-state index contributed by atoms with van der Waals surface area (Å²) in [6.45, 7) is 3.52. The molecule has 0 spiro atoms. The van der Waals surface area contributed by atoms with Crippen LogP contribution in [0.5, 0.6) is 0 Å². The molecule has 3 aromatic carbocycles. The standard InChI is InChI=1S/C34H32FN7O6S/c1-20(33(44)37-21-6-10-23(11-7-21)49(47,48)39-31-18-36-27-4-2-3-5-28(27)38-31)40-12-14-41(15-13-40)30-17-29-24(16-26(30)35)32(43)25(34(45)46)19-42(29)22-8-9-22/h2-7,10-11,16-20,22H,8-9,12-15H2,1H3,(H,37,44)(H,38,39)(H,45,46). The number of benzene rings is 3. The fourth-order valence-corrected chi connectivity index (χ4v) is 7.08. The first-order valence-corrected chi connectivity index (χ1v) is 17.2. The van der Waals surface area contributed by atoms with Crippen LogP contribution >= 0.6 is 0 Å². The Balaban J connectivity index is 0.986. The van der Waals surface area contributed by atoms with Crippen LogP contribution < -0.4 is 20.4 Å². The molecule has 7 rings (SSSR count). The topological polar surface area (TPSA) is 167 Å². The van der Waals surface area contributed by atoms with Gasteiger partial charge in [-0.2, -0.15) is 0 Å². The molecule has 1 atom stereocenters. The van der Waals surface area contributed by atoms with E-state index in [1.165, 1.54) is 36.7 Å². The summed E-state index contributed by atoms with van der Waals surface area (Å²) in [4.78, 5) is 50.0.